The minimum Gasteiger partial charge on any atom is -0.467 e. The molecule has 0 aromatic rings. The van der Waals surface area contributed by atoms with E-state index in [1.54, 1.807) is 0 Å². The second-order valence-corrected chi connectivity index (χ2v) is 9.76. The van der Waals surface area contributed by atoms with Crippen molar-refractivity contribution >= 4 is 6.47 Å². The molecule has 0 aromatic heterocycles. The number of allylic oxidation sites excluding steroid dienone is 1. The zero-order valence-electron chi connectivity index (χ0n) is 15.9. The third-order valence-corrected chi connectivity index (χ3v) is 6.97. The molecular formula is C21H36O2. The zero-order chi connectivity index (χ0) is 17.3. The van der Waals surface area contributed by atoms with Gasteiger partial charge in [0.25, 0.3) is 6.47 Å². The average Bonchev–Trinajstić information content (AvgIpc) is 2.43. The Hall–Kier alpha value is -0.790. The molecule has 0 radical (unpaired) electrons. The van der Waals surface area contributed by atoms with Gasteiger partial charge in [0.15, 0.2) is 0 Å². The zero-order valence-corrected chi connectivity index (χ0v) is 15.9. The van der Waals surface area contributed by atoms with E-state index in [0.717, 1.165) is 12.3 Å². The average molecular weight is 321 g/mol. The van der Waals surface area contributed by atoms with Crippen molar-refractivity contribution < 1.29 is 9.53 Å². The first-order chi connectivity index (χ1) is 10.6. The molecule has 0 aromatic carbocycles. The van der Waals surface area contributed by atoms with Gasteiger partial charge in [-0.2, -0.15) is 0 Å². The van der Waals surface area contributed by atoms with Crippen LogP contribution in [0.25, 0.3) is 0 Å². The van der Waals surface area contributed by atoms with E-state index >= 15 is 0 Å². The molecule has 0 bridgehead atoms. The van der Waals surface area contributed by atoms with Crippen molar-refractivity contribution in [3.63, 3.8) is 0 Å². The van der Waals surface area contributed by atoms with E-state index < -0.39 is 0 Å². The number of ether oxygens (including phenoxy) is 1. The maximum Gasteiger partial charge on any atom is 0.293 e. The minimum atomic E-state index is 0.0503. The first kappa shape index (κ1) is 18.5. The van der Waals surface area contributed by atoms with E-state index in [-0.39, 0.29) is 5.41 Å². The molecule has 2 rings (SSSR count). The molecule has 3 atom stereocenters. The van der Waals surface area contributed by atoms with Gasteiger partial charge in [-0.1, -0.05) is 53.2 Å². The van der Waals surface area contributed by atoms with Crippen LogP contribution < -0.4 is 0 Å². The molecule has 23 heavy (non-hydrogen) atoms. The van der Waals surface area contributed by atoms with Crippen LogP contribution in [0.1, 0.15) is 79.6 Å². The monoisotopic (exact) mass is 320 g/mol. The molecule has 0 amide bonds. The van der Waals surface area contributed by atoms with Gasteiger partial charge in [-0.3, -0.25) is 4.79 Å². The first-order valence-electron chi connectivity index (χ1n) is 9.35. The normalized spacial score (nSPS) is 33.9. The fourth-order valence-electron chi connectivity index (χ4n) is 5.67. The van der Waals surface area contributed by atoms with Crippen molar-refractivity contribution in [3.8, 4) is 0 Å². The molecule has 0 spiro atoms. The van der Waals surface area contributed by atoms with E-state index in [0.29, 0.717) is 29.8 Å². The predicted octanol–water partition coefficient (Wildman–Crippen LogP) is 5.76. The van der Waals surface area contributed by atoms with Crippen LogP contribution in [0.4, 0.5) is 0 Å². The Balaban J connectivity index is 2.12. The van der Waals surface area contributed by atoms with Crippen LogP contribution in [0.2, 0.25) is 0 Å². The van der Waals surface area contributed by atoms with Crippen LogP contribution >= 0.6 is 0 Å². The second kappa shape index (κ2) is 6.61. The highest BCUT2D eigenvalue weighted by Crippen LogP contribution is 2.62. The maximum atomic E-state index is 10.5. The van der Waals surface area contributed by atoms with Gasteiger partial charge in [-0.05, 0) is 66.6 Å². The van der Waals surface area contributed by atoms with Crippen LogP contribution in [0.3, 0.4) is 0 Å². The van der Waals surface area contributed by atoms with Gasteiger partial charge >= 0.3 is 0 Å². The summed E-state index contributed by atoms with van der Waals surface area (Å²) in [6.07, 6.45) is 8.84. The van der Waals surface area contributed by atoms with E-state index in [1.165, 1.54) is 44.1 Å². The molecule has 0 saturated heterocycles. The van der Waals surface area contributed by atoms with E-state index in [2.05, 4.69) is 41.2 Å². The smallest absolute Gasteiger partial charge is 0.293 e. The van der Waals surface area contributed by atoms with E-state index in [9.17, 15) is 4.79 Å². The van der Waals surface area contributed by atoms with Gasteiger partial charge in [0.1, 0.15) is 0 Å². The topological polar surface area (TPSA) is 26.3 Å². The Bertz CT molecular complexity index is 449. The lowest BCUT2D eigenvalue weighted by Gasteiger charge is -2.58. The molecule has 0 N–H and O–H groups in total. The van der Waals surface area contributed by atoms with Crippen LogP contribution in [0.5, 0.6) is 0 Å². The van der Waals surface area contributed by atoms with Crippen molar-refractivity contribution in [2.75, 3.05) is 6.61 Å². The maximum absolute atomic E-state index is 10.5. The Morgan fingerprint density at radius 3 is 2.65 bits per heavy atom. The molecule has 0 heterocycles. The summed E-state index contributed by atoms with van der Waals surface area (Å²) in [6, 6.07) is 0. The molecular weight excluding hydrogens is 284 g/mol. The van der Waals surface area contributed by atoms with Crippen LogP contribution in [0.15, 0.2) is 12.2 Å². The molecule has 2 heteroatoms. The van der Waals surface area contributed by atoms with Gasteiger partial charge in [0.05, 0.1) is 6.61 Å². The summed E-state index contributed by atoms with van der Waals surface area (Å²) in [6.45, 7) is 17.4. The van der Waals surface area contributed by atoms with Gasteiger partial charge < -0.3 is 4.74 Å². The Labute approximate surface area is 143 Å². The highest BCUT2D eigenvalue weighted by Gasteiger charge is 2.52. The standard InChI is InChI=1S/C21H36O2/c1-16-8-9-18-20(4,5)11-7-12-21(18,6)17(16)10-13-19(2,3)14-23-15-22/h15,17-18H,1,7-14H2,2-6H3/t17-,18-,21+/m0/s1. The minimum absolute atomic E-state index is 0.0503. The van der Waals surface area contributed by atoms with Gasteiger partial charge in [0, 0.05) is 0 Å². The van der Waals surface area contributed by atoms with Gasteiger partial charge in [-0.25, -0.2) is 0 Å². The lowest BCUT2D eigenvalue weighted by atomic mass is 9.47. The molecule has 2 aliphatic carbocycles. The van der Waals surface area contributed by atoms with Gasteiger partial charge in [0.2, 0.25) is 0 Å². The van der Waals surface area contributed by atoms with Crippen molar-refractivity contribution in [2.45, 2.75) is 79.6 Å². The fourth-order valence-corrected chi connectivity index (χ4v) is 5.67. The molecule has 0 aliphatic heterocycles. The van der Waals surface area contributed by atoms with Crippen molar-refractivity contribution in [2.24, 2.45) is 28.1 Å². The fraction of sp³-hybridized carbons (Fsp3) is 0.857. The number of fused-ring (bicyclic) bond motifs is 1. The summed E-state index contributed by atoms with van der Waals surface area (Å²) in [4.78, 5) is 10.5. The summed E-state index contributed by atoms with van der Waals surface area (Å²) >= 11 is 0. The van der Waals surface area contributed by atoms with Crippen molar-refractivity contribution in [1.82, 2.24) is 0 Å². The third kappa shape index (κ3) is 3.83. The lowest BCUT2D eigenvalue weighted by Crippen LogP contribution is -2.49. The van der Waals surface area contributed by atoms with E-state index in [1.807, 2.05) is 0 Å². The molecule has 0 unspecified atom stereocenters. The first-order valence-corrected chi connectivity index (χ1v) is 9.35. The van der Waals surface area contributed by atoms with Gasteiger partial charge in [-0.15, -0.1) is 0 Å². The summed E-state index contributed by atoms with van der Waals surface area (Å²) < 4.78 is 5.03. The Morgan fingerprint density at radius 1 is 1.30 bits per heavy atom. The van der Waals surface area contributed by atoms with E-state index in [4.69, 9.17) is 4.74 Å². The predicted molar refractivity (Wildman–Crippen MR) is 96.1 cm³/mol. The van der Waals surface area contributed by atoms with Crippen LogP contribution in [0, 0.1) is 28.1 Å². The lowest BCUT2D eigenvalue weighted by molar-refractivity contribution is -0.131. The number of hydrogen-bond acceptors (Lipinski definition) is 2. The highest BCUT2D eigenvalue weighted by atomic mass is 16.5. The van der Waals surface area contributed by atoms with Crippen molar-refractivity contribution in [1.29, 1.82) is 0 Å². The summed E-state index contributed by atoms with van der Waals surface area (Å²) in [5.74, 6) is 1.44. The number of carbonyl (C=O) groups excluding carboxylic acids is 1. The Morgan fingerprint density at radius 2 is 2.00 bits per heavy atom. The summed E-state index contributed by atoms with van der Waals surface area (Å²) in [5.41, 5.74) is 2.38. The third-order valence-electron chi connectivity index (χ3n) is 6.97. The largest absolute Gasteiger partial charge is 0.467 e. The molecule has 2 fully saturated rings. The molecule has 2 saturated carbocycles. The summed E-state index contributed by atoms with van der Waals surface area (Å²) in [5, 5.41) is 0. The molecule has 2 nitrogen and oxygen atoms in total. The summed E-state index contributed by atoms with van der Waals surface area (Å²) in [7, 11) is 0. The number of carbonyl (C=O) groups is 1. The van der Waals surface area contributed by atoms with Crippen LogP contribution in [-0.2, 0) is 9.53 Å². The molecule has 2 aliphatic rings. The van der Waals surface area contributed by atoms with Crippen molar-refractivity contribution in [3.05, 3.63) is 12.2 Å². The SMILES string of the molecule is C=C1CC[C@H]2C(C)(C)CCC[C@]2(C)[C@H]1CCC(C)(C)COC=O. The highest BCUT2D eigenvalue weighted by molar-refractivity contribution is 5.36. The number of rotatable bonds is 6. The number of hydrogen-bond donors (Lipinski definition) is 0. The second-order valence-electron chi connectivity index (χ2n) is 9.76. The quantitative estimate of drug-likeness (QED) is 0.459. The Kier molecular flexibility index (Phi) is 5.33. The molecule has 132 valence electrons. The van der Waals surface area contributed by atoms with Crippen LogP contribution in [-0.4, -0.2) is 13.1 Å².